The largest absolute Gasteiger partial charge is 0.480 e. The van der Waals surface area contributed by atoms with Crippen molar-refractivity contribution in [2.75, 3.05) is 26.3 Å². The number of urea groups is 1. The van der Waals surface area contributed by atoms with Gasteiger partial charge in [0.25, 0.3) is 0 Å². The number of rotatable bonds is 4. The van der Waals surface area contributed by atoms with E-state index in [4.69, 9.17) is 15.6 Å². The molecule has 1 saturated heterocycles. The van der Waals surface area contributed by atoms with Crippen molar-refractivity contribution in [2.24, 2.45) is 5.73 Å². The molecule has 0 spiro atoms. The van der Waals surface area contributed by atoms with Crippen molar-refractivity contribution in [3.8, 4) is 0 Å². The lowest BCUT2D eigenvalue weighted by Crippen LogP contribution is -2.49. The summed E-state index contributed by atoms with van der Waals surface area (Å²) in [6.45, 7) is 1.89. The molecule has 0 radical (unpaired) electrons. The van der Waals surface area contributed by atoms with E-state index in [1.165, 1.54) is 4.90 Å². The lowest BCUT2D eigenvalue weighted by Gasteiger charge is -2.22. The number of hydrogen-bond donors (Lipinski definition) is 3. The van der Waals surface area contributed by atoms with Crippen molar-refractivity contribution in [3.05, 3.63) is 0 Å². The van der Waals surface area contributed by atoms with Crippen LogP contribution in [0, 0.1) is 0 Å². The van der Waals surface area contributed by atoms with Crippen molar-refractivity contribution in [2.45, 2.75) is 18.9 Å². The molecule has 0 aromatic rings. The highest BCUT2D eigenvalue weighted by Gasteiger charge is 2.25. The maximum atomic E-state index is 11.8. The van der Waals surface area contributed by atoms with Crippen LogP contribution < -0.4 is 11.1 Å². The van der Waals surface area contributed by atoms with Gasteiger partial charge in [0.05, 0.1) is 13.0 Å². The van der Waals surface area contributed by atoms with E-state index in [2.05, 4.69) is 5.32 Å². The Morgan fingerprint density at radius 2 is 2.06 bits per heavy atom. The molecule has 102 valence electrons. The molecule has 0 saturated carbocycles. The van der Waals surface area contributed by atoms with Crippen LogP contribution in [0.25, 0.3) is 0 Å². The van der Waals surface area contributed by atoms with E-state index < -0.39 is 30.4 Å². The van der Waals surface area contributed by atoms with Crippen LogP contribution >= 0.6 is 0 Å². The third-order valence-electron chi connectivity index (χ3n) is 2.51. The van der Waals surface area contributed by atoms with Gasteiger partial charge in [0.1, 0.15) is 6.04 Å². The fourth-order valence-corrected chi connectivity index (χ4v) is 1.59. The van der Waals surface area contributed by atoms with Crippen molar-refractivity contribution < 1.29 is 24.2 Å². The van der Waals surface area contributed by atoms with E-state index >= 15 is 0 Å². The van der Waals surface area contributed by atoms with Crippen molar-refractivity contribution >= 4 is 17.9 Å². The minimum atomic E-state index is -1.29. The van der Waals surface area contributed by atoms with Crippen LogP contribution in [-0.2, 0) is 14.3 Å². The van der Waals surface area contributed by atoms with Crippen LogP contribution in [0.2, 0.25) is 0 Å². The molecule has 1 rings (SSSR count). The Hall–Kier alpha value is -1.83. The molecule has 0 unspecified atom stereocenters. The van der Waals surface area contributed by atoms with E-state index in [-0.39, 0.29) is 0 Å². The number of carboxylic acids is 1. The first-order valence-corrected chi connectivity index (χ1v) is 5.65. The molecular weight excluding hydrogens is 242 g/mol. The summed E-state index contributed by atoms with van der Waals surface area (Å²) in [4.78, 5) is 34.8. The highest BCUT2D eigenvalue weighted by molar-refractivity contribution is 5.87. The number of carbonyl (C=O) groups is 3. The molecular formula is C10H17N3O5. The molecule has 0 aliphatic carbocycles. The summed E-state index contributed by atoms with van der Waals surface area (Å²) in [5, 5.41) is 11.1. The summed E-state index contributed by atoms with van der Waals surface area (Å²) in [6.07, 6.45) is 0.270. The van der Waals surface area contributed by atoms with E-state index in [0.29, 0.717) is 32.7 Å². The first kappa shape index (κ1) is 14.2. The molecule has 0 aromatic heterocycles. The van der Waals surface area contributed by atoms with Crippen molar-refractivity contribution in [1.29, 1.82) is 0 Å². The molecule has 1 aliphatic rings. The first-order chi connectivity index (χ1) is 8.50. The van der Waals surface area contributed by atoms with Gasteiger partial charge in [-0.3, -0.25) is 4.79 Å². The van der Waals surface area contributed by atoms with Gasteiger partial charge in [-0.25, -0.2) is 9.59 Å². The number of primary amides is 1. The van der Waals surface area contributed by atoms with Gasteiger partial charge in [0.2, 0.25) is 5.91 Å². The number of amides is 3. The number of nitrogens with zero attached hydrogens (tertiary/aromatic N) is 1. The molecule has 0 aromatic carbocycles. The second kappa shape index (κ2) is 6.80. The molecule has 8 nitrogen and oxygen atoms in total. The average Bonchev–Trinajstić information content (AvgIpc) is 2.55. The predicted octanol–water partition coefficient (Wildman–Crippen LogP) is -1.25. The highest BCUT2D eigenvalue weighted by Crippen LogP contribution is 2.01. The molecule has 8 heteroatoms. The maximum Gasteiger partial charge on any atom is 0.326 e. The standard InChI is InChI=1S/C10H17N3O5/c11-8(14)6-7(9(15)16)12-10(17)13-2-1-4-18-5-3-13/h7H,1-6H2,(H2,11,14)(H,12,17)(H,15,16)/t7-/m0/s1. The minimum Gasteiger partial charge on any atom is -0.480 e. The zero-order valence-electron chi connectivity index (χ0n) is 9.92. The Kier molecular flexibility index (Phi) is 5.37. The third-order valence-corrected chi connectivity index (χ3v) is 2.51. The Balaban J connectivity index is 2.53. The molecule has 1 fully saturated rings. The number of nitrogens with two attached hydrogens (primary N) is 1. The van der Waals surface area contributed by atoms with Crippen LogP contribution in [-0.4, -0.2) is 60.3 Å². The first-order valence-electron chi connectivity index (χ1n) is 5.65. The summed E-state index contributed by atoms with van der Waals surface area (Å²) >= 11 is 0. The maximum absolute atomic E-state index is 11.8. The van der Waals surface area contributed by atoms with E-state index in [1.54, 1.807) is 0 Å². The lowest BCUT2D eigenvalue weighted by molar-refractivity contribution is -0.140. The monoisotopic (exact) mass is 259 g/mol. The van der Waals surface area contributed by atoms with Crippen molar-refractivity contribution in [1.82, 2.24) is 10.2 Å². The van der Waals surface area contributed by atoms with Crippen molar-refractivity contribution in [3.63, 3.8) is 0 Å². The normalized spacial score (nSPS) is 17.7. The number of nitrogens with one attached hydrogen (secondary N) is 1. The zero-order valence-corrected chi connectivity index (χ0v) is 9.92. The second-order valence-electron chi connectivity index (χ2n) is 3.96. The van der Waals surface area contributed by atoms with Gasteiger partial charge in [-0.1, -0.05) is 0 Å². The molecule has 18 heavy (non-hydrogen) atoms. The predicted molar refractivity (Wildman–Crippen MR) is 60.8 cm³/mol. The Bertz CT molecular complexity index is 325. The van der Waals surface area contributed by atoms with Gasteiger partial charge in [-0.05, 0) is 6.42 Å². The third kappa shape index (κ3) is 4.58. The summed E-state index contributed by atoms with van der Waals surface area (Å²) in [5.74, 6) is -2.06. The Labute approximate surface area is 104 Å². The molecule has 3 amide bonds. The van der Waals surface area contributed by atoms with Crippen LogP contribution in [0.4, 0.5) is 4.79 Å². The van der Waals surface area contributed by atoms with Gasteiger partial charge < -0.3 is 25.8 Å². The van der Waals surface area contributed by atoms with Gasteiger partial charge in [0, 0.05) is 19.7 Å². The number of aliphatic carboxylic acids is 1. The molecule has 0 bridgehead atoms. The fourth-order valence-electron chi connectivity index (χ4n) is 1.59. The van der Waals surface area contributed by atoms with Gasteiger partial charge >= 0.3 is 12.0 Å². The molecule has 1 atom stereocenters. The smallest absolute Gasteiger partial charge is 0.326 e. The van der Waals surface area contributed by atoms with Crippen LogP contribution in [0.5, 0.6) is 0 Å². The number of carboxylic acid groups (broad SMARTS) is 1. The zero-order chi connectivity index (χ0) is 13.5. The fraction of sp³-hybridized carbons (Fsp3) is 0.700. The lowest BCUT2D eigenvalue weighted by atomic mass is 10.2. The molecule has 4 N–H and O–H groups in total. The Morgan fingerprint density at radius 1 is 1.33 bits per heavy atom. The summed E-state index contributed by atoms with van der Waals surface area (Å²) in [6, 6.07) is -1.81. The Morgan fingerprint density at radius 3 is 2.67 bits per heavy atom. The summed E-state index contributed by atoms with van der Waals surface area (Å²) < 4.78 is 5.18. The second-order valence-corrected chi connectivity index (χ2v) is 3.96. The van der Waals surface area contributed by atoms with E-state index in [0.717, 1.165) is 0 Å². The van der Waals surface area contributed by atoms with Gasteiger partial charge in [-0.15, -0.1) is 0 Å². The molecule has 1 aliphatic heterocycles. The van der Waals surface area contributed by atoms with E-state index in [9.17, 15) is 14.4 Å². The summed E-state index contributed by atoms with van der Waals surface area (Å²) in [5.41, 5.74) is 4.92. The highest BCUT2D eigenvalue weighted by atomic mass is 16.5. The van der Waals surface area contributed by atoms with Crippen LogP contribution in [0.1, 0.15) is 12.8 Å². The summed E-state index contributed by atoms with van der Waals surface area (Å²) in [7, 11) is 0. The minimum absolute atomic E-state index is 0.398. The van der Waals surface area contributed by atoms with Crippen LogP contribution in [0.3, 0.4) is 0 Å². The van der Waals surface area contributed by atoms with Crippen LogP contribution in [0.15, 0.2) is 0 Å². The number of hydrogen-bond acceptors (Lipinski definition) is 4. The van der Waals surface area contributed by atoms with E-state index in [1.807, 2.05) is 0 Å². The van der Waals surface area contributed by atoms with Gasteiger partial charge in [0.15, 0.2) is 0 Å². The SMILES string of the molecule is NC(=O)C[C@H](NC(=O)N1CCCOCC1)C(=O)O. The number of carbonyl (C=O) groups excluding carboxylic acids is 2. The number of ether oxygens (including phenoxy) is 1. The topological polar surface area (TPSA) is 122 Å². The average molecular weight is 259 g/mol. The quantitative estimate of drug-likeness (QED) is 0.582. The molecule has 1 heterocycles. The van der Waals surface area contributed by atoms with Gasteiger partial charge in [-0.2, -0.15) is 0 Å².